The fraction of sp³-hybridized carbons (Fsp3) is 0.387. The monoisotopic (exact) mass is 614 g/mol. The third-order valence-corrected chi connectivity index (χ3v) is 8.73. The normalized spacial score (nSPS) is 18.6. The number of benzene rings is 2. The van der Waals surface area contributed by atoms with Crippen molar-refractivity contribution in [3.8, 4) is 22.8 Å². The van der Waals surface area contributed by atoms with Crippen LogP contribution in [0.25, 0.3) is 11.3 Å². The number of amides is 1. The van der Waals surface area contributed by atoms with Crippen LogP contribution in [-0.4, -0.2) is 43.4 Å². The molecule has 7 nitrogen and oxygen atoms in total. The van der Waals surface area contributed by atoms with E-state index < -0.39 is 11.6 Å². The summed E-state index contributed by atoms with van der Waals surface area (Å²) in [7, 11) is 1.50. The molecule has 2 fully saturated rings. The molecule has 3 N–H and O–H groups in total. The lowest BCUT2D eigenvalue weighted by molar-refractivity contribution is 0.0949. The molecule has 2 unspecified atom stereocenters. The molecule has 0 saturated heterocycles. The summed E-state index contributed by atoms with van der Waals surface area (Å²) in [6.07, 6.45) is 5.65. The number of nitrogen functional groups attached to an aromatic ring is 1. The van der Waals surface area contributed by atoms with Gasteiger partial charge in [-0.3, -0.25) is 9.79 Å². The summed E-state index contributed by atoms with van der Waals surface area (Å²) in [4.78, 5) is 22.7. The second kappa shape index (κ2) is 11.3. The lowest BCUT2D eigenvalue weighted by atomic mass is 9.92. The van der Waals surface area contributed by atoms with Gasteiger partial charge in [0.05, 0.1) is 41.2 Å². The third kappa shape index (κ3) is 5.52. The first-order chi connectivity index (χ1) is 20.2. The zero-order valence-corrected chi connectivity index (χ0v) is 24.7. The van der Waals surface area contributed by atoms with Gasteiger partial charge in [-0.1, -0.05) is 30.1 Å². The molecule has 220 valence electrons. The summed E-state index contributed by atoms with van der Waals surface area (Å²) >= 11 is 13.0. The van der Waals surface area contributed by atoms with Gasteiger partial charge in [-0.2, -0.15) is 0 Å². The van der Waals surface area contributed by atoms with Crippen LogP contribution in [0.5, 0.6) is 11.5 Å². The Morgan fingerprint density at radius 1 is 1.21 bits per heavy atom. The molecule has 3 aromatic rings. The molecule has 1 aromatic heterocycles. The van der Waals surface area contributed by atoms with Crippen molar-refractivity contribution in [1.82, 2.24) is 10.3 Å². The number of aromatic nitrogens is 1. The van der Waals surface area contributed by atoms with E-state index in [-0.39, 0.29) is 46.5 Å². The standard InChI is InChI=1S/C31H30Cl2F2N4O3/c1-14-13-42-30-25(14)26(33)28(39-29(30)19-9-21(32)23(35)10-22(19)34)20(15-3-4-15)12-38-31(40)16-7-17(11-37-18-5-6-18)27(36)24(8-16)41-2/h7-11,14-15,18,20H,3-6,12-13,36H2,1-2H3,(H,38,40). The van der Waals surface area contributed by atoms with Crippen LogP contribution in [0.4, 0.5) is 14.5 Å². The summed E-state index contributed by atoms with van der Waals surface area (Å²) < 4.78 is 40.3. The number of ether oxygens (including phenoxy) is 2. The number of carbonyl (C=O) groups excluding carboxylic acids is 1. The van der Waals surface area contributed by atoms with Crippen LogP contribution in [0.3, 0.4) is 0 Å². The van der Waals surface area contributed by atoms with Gasteiger partial charge >= 0.3 is 0 Å². The van der Waals surface area contributed by atoms with E-state index in [1.165, 1.54) is 13.2 Å². The number of hydrogen-bond acceptors (Lipinski definition) is 6. The number of methoxy groups -OCH3 is 1. The van der Waals surface area contributed by atoms with Crippen molar-refractivity contribution in [3.05, 3.63) is 68.3 Å². The maximum Gasteiger partial charge on any atom is 0.251 e. The van der Waals surface area contributed by atoms with Crippen molar-refractivity contribution in [2.45, 2.75) is 50.5 Å². The van der Waals surface area contributed by atoms with Crippen LogP contribution >= 0.6 is 23.2 Å². The van der Waals surface area contributed by atoms with E-state index >= 15 is 4.39 Å². The third-order valence-electron chi connectivity index (χ3n) is 8.04. The Hall–Kier alpha value is -3.43. The molecule has 2 atom stereocenters. The van der Waals surface area contributed by atoms with Gasteiger partial charge in [0.2, 0.25) is 0 Å². The first kappa shape index (κ1) is 28.7. The summed E-state index contributed by atoms with van der Waals surface area (Å²) in [5, 5.41) is 3.24. The maximum absolute atomic E-state index is 15.0. The van der Waals surface area contributed by atoms with E-state index in [2.05, 4.69) is 10.3 Å². The minimum absolute atomic E-state index is 0.0256. The second-order valence-corrected chi connectivity index (χ2v) is 12.0. The van der Waals surface area contributed by atoms with Crippen molar-refractivity contribution >= 4 is 41.0 Å². The molecule has 2 heterocycles. The molecular formula is C31H30Cl2F2N4O3. The number of pyridine rings is 1. The molecule has 11 heteroatoms. The Bertz CT molecular complexity index is 1610. The molecule has 2 aliphatic carbocycles. The molecule has 2 saturated carbocycles. The Kier molecular flexibility index (Phi) is 7.74. The Balaban J connectivity index is 1.33. The number of aliphatic imine (C=N–C) groups is 1. The van der Waals surface area contributed by atoms with E-state index in [1.54, 1.807) is 18.3 Å². The highest BCUT2D eigenvalue weighted by Crippen LogP contribution is 2.51. The Morgan fingerprint density at radius 2 is 1.98 bits per heavy atom. The number of rotatable bonds is 9. The zero-order chi connectivity index (χ0) is 29.7. The van der Waals surface area contributed by atoms with E-state index in [9.17, 15) is 9.18 Å². The van der Waals surface area contributed by atoms with Gasteiger partial charge in [0.15, 0.2) is 5.75 Å². The van der Waals surface area contributed by atoms with Crippen LogP contribution in [-0.2, 0) is 0 Å². The summed E-state index contributed by atoms with van der Waals surface area (Å²) in [6.45, 7) is 2.56. The molecule has 1 amide bonds. The number of fused-ring (bicyclic) bond motifs is 1. The van der Waals surface area contributed by atoms with Crippen molar-refractivity contribution in [3.63, 3.8) is 0 Å². The van der Waals surface area contributed by atoms with Gasteiger partial charge < -0.3 is 20.5 Å². The average Bonchev–Trinajstić information content (AvgIpc) is 3.90. The van der Waals surface area contributed by atoms with E-state index in [1.807, 2.05) is 6.92 Å². The molecular weight excluding hydrogens is 585 g/mol. The Labute approximate surface area is 252 Å². The predicted octanol–water partition coefficient (Wildman–Crippen LogP) is 6.93. The number of hydrogen-bond donors (Lipinski definition) is 2. The number of nitrogens with two attached hydrogens (primary N) is 1. The van der Waals surface area contributed by atoms with Crippen LogP contribution in [0.1, 0.15) is 71.6 Å². The number of nitrogens with zero attached hydrogens (tertiary/aromatic N) is 2. The fourth-order valence-electron chi connectivity index (χ4n) is 5.35. The molecule has 2 aromatic carbocycles. The second-order valence-electron chi connectivity index (χ2n) is 11.2. The molecule has 3 aliphatic rings. The van der Waals surface area contributed by atoms with Gasteiger partial charge in [-0.15, -0.1) is 0 Å². The highest BCUT2D eigenvalue weighted by Gasteiger charge is 2.39. The highest BCUT2D eigenvalue weighted by molar-refractivity contribution is 6.32. The largest absolute Gasteiger partial charge is 0.495 e. The molecule has 0 radical (unpaired) electrons. The molecule has 42 heavy (non-hydrogen) atoms. The van der Waals surface area contributed by atoms with Crippen molar-refractivity contribution in [2.24, 2.45) is 10.9 Å². The first-order valence-corrected chi connectivity index (χ1v) is 14.7. The maximum atomic E-state index is 15.0. The van der Waals surface area contributed by atoms with E-state index in [0.29, 0.717) is 51.7 Å². The first-order valence-electron chi connectivity index (χ1n) is 14.0. The number of carbonyl (C=O) groups is 1. The number of nitrogens with one attached hydrogen (secondary N) is 1. The van der Waals surface area contributed by atoms with E-state index in [0.717, 1.165) is 37.3 Å². The fourth-order valence-corrected chi connectivity index (χ4v) is 5.97. The molecule has 6 rings (SSSR count). The Morgan fingerprint density at radius 3 is 2.67 bits per heavy atom. The zero-order valence-electron chi connectivity index (χ0n) is 23.1. The molecule has 1 aliphatic heterocycles. The van der Waals surface area contributed by atoms with Crippen molar-refractivity contribution in [2.75, 3.05) is 26.0 Å². The van der Waals surface area contributed by atoms with Crippen LogP contribution < -0.4 is 20.5 Å². The van der Waals surface area contributed by atoms with Crippen LogP contribution in [0.15, 0.2) is 29.3 Å². The van der Waals surface area contributed by atoms with Gasteiger partial charge in [0, 0.05) is 52.9 Å². The SMILES string of the molecule is COc1cc(C(=O)NCC(c2nc(-c3cc(Cl)c(F)cc3F)c3c(c2Cl)C(C)CO3)C2CC2)cc(C=NC2CC2)c1N. The van der Waals surface area contributed by atoms with Gasteiger partial charge in [-0.25, -0.2) is 13.8 Å². The van der Waals surface area contributed by atoms with Crippen molar-refractivity contribution in [1.29, 1.82) is 0 Å². The predicted molar refractivity (Wildman–Crippen MR) is 159 cm³/mol. The minimum atomic E-state index is -0.863. The van der Waals surface area contributed by atoms with Gasteiger partial charge in [0.25, 0.3) is 5.91 Å². The average molecular weight is 616 g/mol. The van der Waals surface area contributed by atoms with Crippen molar-refractivity contribution < 1.29 is 23.0 Å². The number of halogens is 4. The van der Waals surface area contributed by atoms with Crippen LogP contribution in [0.2, 0.25) is 10.0 Å². The summed E-state index contributed by atoms with van der Waals surface area (Å²) in [6, 6.07) is 5.55. The lowest BCUT2D eigenvalue weighted by Crippen LogP contribution is -2.30. The van der Waals surface area contributed by atoms with Crippen LogP contribution in [0, 0.1) is 17.6 Å². The quantitative estimate of drug-likeness (QED) is 0.155. The topological polar surface area (TPSA) is 98.8 Å². The lowest BCUT2D eigenvalue weighted by Gasteiger charge is -2.22. The molecule has 0 spiro atoms. The molecule has 0 bridgehead atoms. The minimum Gasteiger partial charge on any atom is -0.495 e. The number of anilines is 1. The summed E-state index contributed by atoms with van der Waals surface area (Å²) in [5.41, 5.74) is 9.16. The van der Waals surface area contributed by atoms with Gasteiger partial charge in [-0.05, 0) is 49.8 Å². The smallest absolute Gasteiger partial charge is 0.251 e. The van der Waals surface area contributed by atoms with Gasteiger partial charge in [0.1, 0.15) is 23.1 Å². The highest BCUT2D eigenvalue weighted by atomic mass is 35.5. The van der Waals surface area contributed by atoms with E-state index in [4.69, 9.17) is 43.4 Å². The summed E-state index contributed by atoms with van der Waals surface area (Å²) in [5.74, 6) is -1.32.